The van der Waals surface area contributed by atoms with Gasteiger partial charge in [-0.15, -0.1) is 11.3 Å². The number of aromatic nitrogens is 2. The first kappa shape index (κ1) is 14.1. The van der Waals surface area contributed by atoms with Gasteiger partial charge in [-0.1, -0.05) is 6.92 Å². The molecule has 21 heavy (non-hydrogen) atoms. The summed E-state index contributed by atoms with van der Waals surface area (Å²) in [6, 6.07) is 6.47. The van der Waals surface area contributed by atoms with Gasteiger partial charge in [0.1, 0.15) is 22.7 Å². The Morgan fingerprint density at radius 3 is 3.05 bits per heavy atom. The van der Waals surface area contributed by atoms with Gasteiger partial charge in [0, 0.05) is 17.3 Å². The van der Waals surface area contributed by atoms with Gasteiger partial charge in [-0.3, -0.25) is 0 Å². The highest BCUT2D eigenvalue weighted by Crippen LogP contribution is 2.28. The molecule has 0 fully saturated rings. The summed E-state index contributed by atoms with van der Waals surface area (Å²) in [6.45, 7) is 4.33. The highest BCUT2D eigenvalue weighted by atomic mass is 32.1. The lowest BCUT2D eigenvalue weighted by Gasteiger charge is -2.14. The van der Waals surface area contributed by atoms with E-state index in [1.807, 2.05) is 12.1 Å². The van der Waals surface area contributed by atoms with Crippen molar-refractivity contribution in [3.63, 3.8) is 0 Å². The van der Waals surface area contributed by atoms with Gasteiger partial charge in [0.2, 0.25) is 0 Å². The number of furan rings is 1. The molecule has 0 aromatic carbocycles. The number of hydrogen-bond acceptors (Lipinski definition) is 5. The normalized spacial score (nSPS) is 12.7. The number of anilines is 1. The zero-order chi connectivity index (χ0) is 14.7. The smallest absolute Gasteiger partial charge is 0.138 e. The molecule has 0 aliphatic carbocycles. The Bertz CT molecular complexity index is 705. The molecule has 110 valence electrons. The predicted molar refractivity (Wildman–Crippen MR) is 86.9 cm³/mol. The highest BCUT2D eigenvalue weighted by Gasteiger charge is 2.11. The first-order valence-electron chi connectivity index (χ1n) is 7.28. The second-order valence-electron chi connectivity index (χ2n) is 5.17. The van der Waals surface area contributed by atoms with Gasteiger partial charge >= 0.3 is 0 Å². The summed E-state index contributed by atoms with van der Waals surface area (Å²) < 4.78 is 5.37. The van der Waals surface area contributed by atoms with E-state index in [0.29, 0.717) is 6.04 Å². The minimum Gasteiger partial charge on any atom is -0.469 e. The molecule has 3 heterocycles. The van der Waals surface area contributed by atoms with Crippen molar-refractivity contribution in [2.24, 2.45) is 0 Å². The summed E-state index contributed by atoms with van der Waals surface area (Å²) in [7, 11) is 0. The second-order valence-corrected chi connectivity index (χ2v) is 6.29. The molecule has 5 heteroatoms. The Morgan fingerprint density at radius 1 is 1.38 bits per heavy atom. The number of aryl methyl sites for hydroxylation is 2. The van der Waals surface area contributed by atoms with Gasteiger partial charge in [-0.25, -0.2) is 9.97 Å². The lowest BCUT2D eigenvalue weighted by atomic mass is 10.1. The fraction of sp³-hybridized carbons (Fsp3) is 0.375. The van der Waals surface area contributed by atoms with Gasteiger partial charge in [-0.2, -0.15) is 0 Å². The largest absolute Gasteiger partial charge is 0.469 e. The minimum atomic E-state index is 0.332. The summed E-state index contributed by atoms with van der Waals surface area (Å²) >= 11 is 1.74. The fourth-order valence-corrected chi connectivity index (χ4v) is 3.25. The topological polar surface area (TPSA) is 51.0 Å². The van der Waals surface area contributed by atoms with E-state index in [2.05, 4.69) is 35.2 Å². The van der Waals surface area contributed by atoms with Crippen LogP contribution >= 0.6 is 11.3 Å². The Hall–Kier alpha value is -1.88. The number of rotatable bonds is 6. The van der Waals surface area contributed by atoms with Crippen LogP contribution in [0, 0.1) is 0 Å². The van der Waals surface area contributed by atoms with E-state index in [1.165, 1.54) is 4.88 Å². The SMILES string of the molecule is CCc1cc2c(N[C@H](C)CCc3ccco3)ncnc2s1. The van der Waals surface area contributed by atoms with E-state index in [4.69, 9.17) is 4.42 Å². The maximum atomic E-state index is 5.37. The Labute approximate surface area is 128 Å². The average Bonchev–Trinajstić information content (AvgIpc) is 3.14. The van der Waals surface area contributed by atoms with Crippen LogP contribution in [0.5, 0.6) is 0 Å². The predicted octanol–water partition coefficient (Wildman–Crippen LogP) is 4.28. The monoisotopic (exact) mass is 301 g/mol. The number of hydrogen-bond donors (Lipinski definition) is 1. The molecular weight excluding hydrogens is 282 g/mol. The molecule has 0 aliphatic rings. The van der Waals surface area contributed by atoms with E-state index < -0.39 is 0 Å². The summed E-state index contributed by atoms with van der Waals surface area (Å²) in [5.41, 5.74) is 0. The first-order chi connectivity index (χ1) is 10.3. The second kappa shape index (κ2) is 6.26. The van der Waals surface area contributed by atoms with Gasteiger partial charge in [0.15, 0.2) is 0 Å². The Morgan fingerprint density at radius 2 is 2.29 bits per heavy atom. The molecule has 0 saturated carbocycles. The van der Waals surface area contributed by atoms with Gasteiger partial charge in [-0.05, 0) is 38.0 Å². The lowest BCUT2D eigenvalue weighted by Crippen LogP contribution is -2.17. The summed E-state index contributed by atoms with van der Waals surface area (Å²) in [5, 5.41) is 4.63. The summed E-state index contributed by atoms with van der Waals surface area (Å²) in [4.78, 5) is 11.2. The third-order valence-electron chi connectivity index (χ3n) is 3.52. The van der Waals surface area contributed by atoms with Crippen molar-refractivity contribution in [1.29, 1.82) is 0 Å². The van der Waals surface area contributed by atoms with Crippen molar-refractivity contribution >= 4 is 27.4 Å². The number of fused-ring (bicyclic) bond motifs is 1. The number of thiophene rings is 1. The third-order valence-corrected chi connectivity index (χ3v) is 4.70. The highest BCUT2D eigenvalue weighted by molar-refractivity contribution is 7.18. The van der Waals surface area contributed by atoms with Crippen LogP contribution in [0.2, 0.25) is 0 Å². The van der Waals surface area contributed by atoms with Crippen molar-refractivity contribution in [1.82, 2.24) is 9.97 Å². The Balaban J connectivity index is 1.70. The van der Waals surface area contributed by atoms with Crippen LogP contribution in [0.15, 0.2) is 35.2 Å². The molecule has 3 aromatic heterocycles. The molecule has 0 aliphatic heterocycles. The molecule has 1 atom stereocenters. The van der Waals surface area contributed by atoms with Crippen LogP contribution in [0.25, 0.3) is 10.2 Å². The molecule has 3 aromatic rings. The van der Waals surface area contributed by atoms with Crippen LogP contribution in [-0.4, -0.2) is 16.0 Å². The lowest BCUT2D eigenvalue weighted by molar-refractivity contribution is 0.495. The Kier molecular flexibility index (Phi) is 4.20. The zero-order valence-corrected chi connectivity index (χ0v) is 13.1. The van der Waals surface area contributed by atoms with Crippen LogP contribution in [0.4, 0.5) is 5.82 Å². The third kappa shape index (κ3) is 3.24. The fourth-order valence-electron chi connectivity index (χ4n) is 2.31. The van der Waals surface area contributed by atoms with Crippen molar-refractivity contribution in [2.45, 2.75) is 39.2 Å². The van der Waals surface area contributed by atoms with Gasteiger partial charge in [0.25, 0.3) is 0 Å². The summed E-state index contributed by atoms with van der Waals surface area (Å²) in [5.74, 6) is 1.96. The van der Waals surface area contributed by atoms with Crippen LogP contribution < -0.4 is 5.32 Å². The zero-order valence-electron chi connectivity index (χ0n) is 12.3. The molecule has 0 spiro atoms. The maximum Gasteiger partial charge on any atom is 0.138 e. The van der Waals surface area contributed by atoms with E-state index in [1.54, 1.807) is 23.9 Å². The van der Waals surface area contributed by atoms with Gasteiger partial charge in [0.05, 0.1) is 11.6 Å². The van der Waals surface area contributed by atoms with E-state index in [9.17, 15) is 0 Å². The molecule has 1 N–H and O–H groups in total. The molecule has 0 amide bonds. The van der Waals surface area contributed by atoms with Crippen molar-refractivity contribution < 1.29 is 4.42 Å². The number of nitrogens with zero attached hydrogens (tertiary/aromatic N) is 2. The van der Waals surface area contributed by atoms with Crippen LogP contribution in [-0.2, 0) is 12.8 Å². The molecule has 0 saturated heterocycles. The molecular formula is C16H19N3OS. The van der Waals surface area contributed by atoms with Crippen LogP contribution in [0.3, 0.4) is 0 Å². The van der Waals surface area contributed by atoms with Crippen molar-refractivity contribution in [3.05, 3.63) is 41.4 Å². The molecule has 3 rings (SSSR count). The first-order valence-corrected chi connectivity index (χ1v) is 8.10. The average molecular weight is 301 g/mol. The van der Waals surface area contributed by atoms with Crippen molar-refractivity contribution in [2.75, 3.05) is 5.32 Å². The van der Waals surface area contributed by atoms with E-state index >= 15 is 0 Å². The molecule has 4 nitrogen and oxygen atoms in total. The quantitative estimate of drug-likeness (QED) is 0.738. The molecule has 0 unspecified atom stereocenters. The maximum absolute atomic E-state index is 5.37. The summed E-state index contributed by atoms with van der Waals surface area (Å²) in [6.07, 6.45) is 6.33. The van der Waals surface area contributed by atoms with Crippen molar-refractivity contribution in [3.8, 4) is 0 Å². The number of nitrogens with one attached hydrogen (secondary N) is 1. The molecule has 0 bridgehead atoms. The van der Waals surface area contributed by atoms with Crippen LogP contribution in [0.1, 0.15) is 30.9 Å². The van der Waals surface area contributed by atoms with E-state index in [0.717, 1.165) is 41.1 Å². The van der Waals surface area contributed by atoms with E-state index in [-0.39, 0.29) is 0 Å². The molecule has 0 radical (unpaired) electrons. The minimum absolute atomic E-state index is 0.332. The standard InChI is InChI=1S/C16H19N3OS/c1-3-13-9-14-15(17-10-18-16(14)21-13)19-11(2)6-7-12-5-4-8-20-12/h4-5,8-11H,3,6-7H2,1-2H3,(H,17,18,19)/t11-/m1/s1. The van der Waals surface area contributed by atoms with Gasteiger partial charge < -0.3 is 9.73 Å².